The van der Waals surface area contributed by atoms with Crippen molar-refractivity contribution in [1.82, 2.24) is 0 Å². The summed E-state index contributed by atoms with van der Waals surface area (Å²) < 4.78 is 20.7. The van der Waals surface area contributed by atoms with Gasteiger partial charge in [-0.2, -0.15) is 0 Å². The molecule has 0 amide bonds. The van der Waals surface area contributed by atoms with Crippen LogP contribution < -0.4 is 0 Å². The Morgan fingerprint density at radius 2 is 1.56 bits per heavy atom. The van der Waals surface area contributed by atoms with E-state index in [1.165, 1.54) is 0 Å². The fraction of sp³-hybridized carbons (Fsp3) is 0.882. The number of hydrogen-bond donors (Lipinski definition) is 4. The van der Waals surface area contributed by atoms with Gasteiger partial charge in [0.05, 0.1) is 6.61 Å². The van der Waals surface area contributed by atoms with Crippen molar-refractivity contribution in [2.24, 2.45) is 0 Å². The predicted octanol–water partition coefficient (Wildman–Crippen LogP) is -1.14. The molecule has 0 aromatic rings. The first-order valence-electron chi connectivity index (χ1n) is 9.11. The van der Waals surface area contributed by atoms with Crippen molar-refractivity contribution in [3.63, 3.8) is 0 Å². The van der Waals surface area contributed by atoms with Gasteiger partial charge in [0, 0.05) is 12.8 Å². The molecule has 4 N–H and O–H groups in total. The highest BCUT2D eigenvalue weighted by Gasteiger charge is 2.45. The second-order valence-corrected chi connectivity index (χ2v) is 6.32. The summed E-state index contributed by atoms with van der Waals surface area (Å²) in [5, 5.41) is 39.4. The Labute approximate surface area is 158 Å². The summed E-state index contributed by atoms with van der Waals surface area (Å²) in [6.07, 6.45) is -6.65. The average molecular weight is 394 g/mol. The van der Waals surface area contributed by atoms with E-state index in [9.17, 15) is 30.0 Å². The second kappa shape index (κ2) is 12.2. The topological polar surface area (TPSA) is 152 Å². The van der Waals surface area contributed by atoms with Gasteiger partial charge in [0.1, 0.15) is 43.7 Å². The van der Waals surface area contributed by atoms with Gasteiger partial charge in [-0.3, -0.25) is 9.59 Å². The molecule has 2 unspecified atom stereocenters. The normalized spacial score (nSPS) is 29.2. The third-order valence-corrected chi connectivity index (χ3v) is 3.95. The molecule has 10 heteroatoms. The summed E-state index contributed by atoms with van der Waals surface area (Å²) in [6.45, 7) is 2.49. The van der Waals surface area contributed by atoms with Crippen molar-refractivity contribution in [2.45, 2.75) is 76.3 Å². The highest BCUT2D eigenvalue weighted by molar-refractivity contribution is 5.69. The number of carbonyl (C=O) groups excluding carboxylic acids is 2. The van der Waals surface area contributed by atoms with Crippen molar-refractivity contribution >= 4 is 11.9 Å². The zero-order valence-corrected chi connectivity index (χ0v) is 15.7. The van der Waals surface area contributed by atoms with Crippen molar-refractivity contribution in [2.75, 3.05) is 19.8 Å². The maximum atomic E-state index is 11.5. The minimum atomic E-state index is -1.61. The molecule has 1 saturated heterocycles. The summed E-state index contributed by atoms with van der Waals surface area (Å²) in [6, 6.07) is 0. The van der Waals surface area contributed by atoms with E-state index in [0.717, 1.165) is 0 Å². The molecule has 27 heavy (non-hydrogen) atoms. The van der Waals surface area contributed by atoms with Crippen LogP contribution in [-0.2, 0) is 28.5 Å². The smallest absolute Gasteiger partial charge is 0.305 e. The lowest BCUT2D eigenvalue weighted by Crippen LogP contribution is -2.60. The number of aliphatic hydroxyl groups is 4. The van der Waals surface area contributed by atoms with Crippen molar-refractivity contribution < 1.29 is 49.0 Å². The molecular formula is C17H30O10. The molecule has 1 aliphatic rings. The molecule has 1 fully saturated rings. The first kappa shape index (κ1) is 23.7. The molecule has 0 saturated carbocycles. The fourth-order valence-corrected chi connectivity index (χ4v) is 2.40. The molecule has 0 spiro atoms. The summed E-state index contributed by atoms with van der Waals surface area (Å²) in [7, 11) is 0. The van der Waals surface area contributed by atoms with Gasteiger partial charge in [-0.25, -0.2) is 0 Å². The van der Waals surface area contributed by atoms with E-state index in [2.05, 4.69) is 0 Å². The third-order valence-electron chi connectivity index (χ3n) is 3.95. The Morgan fingerprint density at radius 1 is 0.963 bits per heavy atom. The van der Waals surface area contributed by atoms with E-state index >= 15 is 0 Å². The zero-order valence-electron chi connectivity index (χ0n) is 15.7. The van der Waals surface area contributed by atoms with Gasteiger partial charge in [-0.15, -0.1) is 0 Å². The largest absolute Gasteiger partial charge is 0.463 e. The van der Waals surface area contributed by atoms with Gasteiger partial charge in [-0.05, 0) is 12.8 Å². The molecule has 0 aliphatic carbocycles. The minimum absolute atomic E-state index is 0.198. The lowest BCUT2D eigenvalue weighted by atomic mass is 9.99. The predicted molar refractivity (Wildman–Crippen MR) is 90.4 cm³/mol. The Morgan fingerprint density at radius 3 is 2.11 bits per heavy atom. The summed E-state index contributed by atoms with van der Waals surface area (Å²) >= 11 is 0. The molecule has 0 aromatic carbocycles. The molecular weight excluding hydrogens is 364 g/mol. The van der Waals surface area contributed by atoms with Crippen LogP contribution in [0.4, 0.5) is 0 Å². The van der Waals surface area contributed by atoms with Crippen LogP contribution in [0, 0.1) is 0 Å². The van der Waals surface area contributed by atoms with Gasteiger partial charge < -0.3 is 39.4 Å². The maximum absolute atomic E-state index is 11.5. The van der Waals surface area contributed by atoms with E-state index in [1.807, 2.05) is 6.92 Å². The van der Waals surface area contributed by atoms with E-state index in [4.69, 9.17) is 18.9 Å². The van der Waals surface area contributed by atoms with E-state index in [1.54, 1.807) is 6.92 Å². The minimum Gasteiger partial charge on any atom is -0.463 e. The van der Waals surface area contributed by atoms with Gasteiger partial charge in [0.2, 0.25) is 0 Å². The molecule has 0 radical (unpaired) electrons. The van der Waals surface area contributed by atoms with Crippen LogP contribution in [0.25, 0.3) is 0 Å². The van der Waals surface area contributed by atoms with Crippen molar-refractivity contribution in [3.8, 4) is 0 Å². The molecule has 1 heterocycles. The first-order valence-corrected chi connectivity index (χ1v) is 9.11. The fourth-order valence-electron chi connectivity index (χ4n) is 2.40. The Kier molecular flexibility index (Phi) is 10.7. The summed E-state index contributed by atoms with van der Waals surface area (Å²) in [4.78, 5) is 22.9. The molecule has 1 aliphatic heterocycles. The third kappa shape index (κ3) is 7.68. The van der Waals surface area contributed by atoms with E-state index < -0.39 is 55.4 Å². The Bertz CT molecular complexity index is 455. The number of carbonyl (C=O) groups is 2. The lowest BCUT2D eigenvalue weighted by Gasteiger charge is -2.40. The van der Waals surface area contributed by atoms with Crippen molar-refractivity contribution in [1.29, 1.82) is 0 Å². The quantitative estimate of drug-likeness (QED) is 0.316. The number of ether oxygens (including phenoxy) is 4. The highest BCUT2D eigenvalue weighted by Crippen LogP contribution is 2.23. The number of rotatable bonds is 11. The standard InChI is InChI=1S/C17H30O10/c1-3-5-12(19)24-8-10(7-18)26-17-16(23)15(22)14(21)11(27-17)9-25-13(20)6-4-2/h10-11,14-18,21-23H,3-9H2,1-2H3/t10?,11-,14-,15+,16-,17?/m1/s1. The SMILES string of the molecule is CCCC(=O)OCC(CO)OC1O[C@H](COC(=O)CCC)[C@@H](O)[C@H](O)[C@H]1O. The lowest BCUT2D eigenvalue weighted by molar-refractivity contribution is -0.315. The number of aliphatic hydroxyl groups excluding tert-OH is 4. The molecule has 0 bridgehead atoms. The number of hydrogen-bond acceptors (Lipinski definition) is 10. The Balaban J connectivity index is 2.62. The van der Waals surface area contributed by atoms with Gasteiger partial charge in [0.15, 0.2) is 6.29 Å². The van der Waals surface area contributed by atoms with Crippen LogP contribution >= 0.6 is 0 Å². The van der Waals surface area contributed by atoms with Crippen LogP contribution in [0.2, 0.25) is 0 Å². The van der Waals surface area contributed by atoms with Gasteiger partial charge in [-0.1, -0.05) is 13.8 Å². The van der Waals surface area contributed by atoms with Crippen LogP contribution in [0.15, 0.2) is 0 Å². The van der Waals surface area contributed by atoms with E-state index in [-0.39, 0.29) is 26.1 Å². The zero-order chi connectivity index (χ0) is 20.4. The van der Waals surface area contributed by atoms with Gasteiger partial charge >= 0.3 is 11.9 Å². The molecule has 6 atom stereocenters. The number of esters is 2. The summed E-state index contributed by atoms with van der Waals surface area (Å²) in [5.74, 6) is -0.941. The van der Waals surface area contributed by atoms with Crippen LogP contribution in [0.1, 0.15) is 39.5 Å². The molecule has 0 aromatic heterocycles. The average Bonchev–Trinajstić information content (AvgIpc) is 2.64. The molecule has 10 nitrogen and oxygen atoms in total. The molecule has 1 rings (SSSR count). The highest BCUT2D eigenvalue weighted by atomic mass is 16.7. The van der Waals surface area contributed by atoms with Crippen LogP contribution in [0.3, 0.4) is 0 Å². The van der Waals surface area contributed by atoms with Gasteiger partial charge in [0.25, 0.3) is 0 Å². The molecule has 158 valence electrons. The first-order chi connectivity index (χ1) is 12.8. The summed E-state index contributed by atoms with van der Waals surface area (Å²) in [5.41, 5.74) is 0. The maximum Gasteiger partial charge on any atom is 0.305 e. The van der Waals surface area contributed by atoms with Crippen LogP contribution in [-0.4, -0.2) is 89.0 Å². The van der Waals surface area contributed by atoms with E-state index in [0.29, 0.717) is 12.8 Å². The second-order valence-electron chi connectivity index (χ2n) is 6.32. The van der Waals surface area contributed by atoms with Crippen LogP contribution in [0.5, 0.6) is 0 Å². The monoisotopic (exact) mass is 394 g/mol. The Hall–Kier alpha value is -1.30. The van der Waals surface area contributed by atoms with Crippen molar-refractivity contribution in [3.05, 3.63) is 0 Å².